The van der Waals surface area contributed by atoms with E-state index in [1.54, 1.807) is 0 Å². The number of hydrogen-bond acceptors (Lipinski definition) is 5. The Bertz CT molecular complexity index is 850. The Hall–Kier alpha value is -3.02. The van der Waals surface area contributed by atoms with Crippen LogP contribution in [-0.4, -0.2) is 43.0 Å². The maximum atomic E-state index is 9.39. The maximum absolute atomic E-state index is 9.39. The van der Waals surface area contributed by atoms with Crippen LogP contribution in [0.2, 0.25) is 0 Å². The van der Waals surface area contributed by atoms with Gasteiger partial charge in [0.15, 0.2) is 5.57 Å². The first kappa shape index (κ1) is 16.8. The van der Waals surface area contributed by atoms with Gasteiger partial charge in [0.05, 0.1) is 0 Å². The maximum Gasteiger partial charge on any atom is 0.169 e. The van der Waals surface area contributed by atoms with Crippen LogP contribution >= 0.6 is 0 Å². The van der Waals surface area contributed by atoms with Crippen LogP contribution in [0.15, 0.2) is 53.9 Å². The molecule has 5 nitrogen and oxygen atoms in total. The van der Waals surface area contributed by atoms with Crippen LogP contribution in [0.1, 0.15) is 5.56 Å². The fourth-order valence-corrected chi connectivity index (χ4v) is 3.35. The van der Waals surface area contributed by atoms with Crippen LogP contribution < -0.4 is 5.32 Å². The number of allylic oxidation sites excluding steroid dienone is 1. The SMILES string of the molecule is CNCCN1CCN(Cc2cccc3ccccc23)C1=C(C#N)C#N. The van der Waals surface area contributed by atoms with Crippen LogP contribution in [0.5, 0.6) is 0 Å². The van der Waals surface area contributed by atoms with Gasteiger partial charge in [-0.1, -0.05) is 42.5 Å². The lowest BCUT2D eigenvalue weighted by atomic mass is 10.0. The summed E-state index contributed by atoms with van der Waals surface area (Å²) < 4.78 is 0. The van der Waals surface area contributed by atoms with E-state index in [0.29, 0.717) is 6.54 Å². The minimum atomic E-state index is 0.189. The van der Waals surface area contributed by atoms with E-state index in [4.69, 9.17) is 0 Å². The second kappa shape index (κ2) is 7.70. The third-order valence-electron chi connectivity index (χ3n) is 4.56. The molecule has 2 aromatic rings. The quantitative estimate of drug-likeness (QED) is 0.853. The van der Waals surface area contributed by atoms with Gasteiger partial charge in [-0.2, -0.15) is 10.5 Å². The average molecular weight is 331 g/mol. The van der Waals surface area contributed by atoms with Gasteiger partial charge in [-0.25, -0.2) is 0 Å². The average Bonchev–Trinajstić information content (AvgIpc) is 3.04. The molecule has 0 aliphatic carbocycles. The van der Waals surface area contributed by atoms with Gasteiger partial charge in [-0.15, -0.1) is 0 Å². The Balaban J connectivity index is 1.94. The molecule has 0 spiro atoms. The van der Waals surface area contributed by atoms with E-state index in [-0.39, 0.29) is 5.57 Å². The van der Waals surface area contributed by atoms with Crippen molar-refractivity contribution < 1.29 is 0 Å². The van der Waals surface area contributed by atoms with Crippen molar-refractivity contribution in [2.75, 3.05) is 33.2 Å². The fourth-order valence-electron chi connectivity index (χ4n) is 3.35. The summed E-state index contributed by atoms with van der Waals surface area (Å²) in [6.45, 7) is 3.93. The molecule has 1 fully saturated rings. The molecule has 0 atom stereocenters. The molecule has 1 N–H and O–H groups in total. The molecule has 3 rings (SSSR count). The molecule has 1 aliphatic rings. The highest BCUT2D eigenvalue weighted by Gasteiger charge is 2.28. The third kappa shape index (κ3) is 3.42. The Morgan fingerprint density at radius 3 is 2.52 bits per heavy atom. The number of benzene rings is 2. The standard InChI is InChI=1S/C20H21N5/c1-23-9-10-24-11-12-25(20(24)18(13-21)14-22)15-17-7-4-6-16-5-2-3-8-19(16)17/h2-8,23H,9-12,15H2,1H3. The van der Waals surface area contributed by atoms with E-state index in [2.05, 4.69) is 57.6 Å². The molecule has 0 saturated carbocycles. The first-order chi connectivity index (χ1) is 12.3. The van der Waals surface area contributed by atoms with Crippen molar-refractivity contribution in [3.8, 4) is 12.1 Å². The molecule has 0 bridgehead atoms. The van der Waals surface area contributed by atoms with E-state index >= 15 is 0 Å². The van der Waals surface area contributed by atoms with Gasteiger partial charge < -0.3 is 15.1 Å². The smallest absolute Gasteiger partial charge is 0.169 e. The largest absolute Gasteiger partial charge is 0.354 e. The second-order valence-corrected chi connectivity index (χ2v) is 6.07. The van der Waals surface area contributed by atoms with Crippen LogP contribution in [0.3, 0.4) is 0 Å². The molecular weight excluding hydrogens is 310 g/mol. The topological polar surface area (TPSA) is 66.1 Å². The summed E-state index contributed by atoms with van der Waals surface area (Å²) in [4.78, 5) is 4.28. The molecule has 1 saturated heterocycles. The van der Waals surface area contributed by atoms with Crippen LogP contribution in [0.4, 0.5) is 0 Å². The highest BCUT2D eigenvalue weighted by Crippen LogP contribution is 2.27. The van der Waals surface area contributed by atoms with Crippen molar-refractivity contribution in [2.24, 2.45) is 0 Å². The molecular formula is C20H21N5. The predicted molar refractivity (Wildman–Crippen MR) is 98.1 cm³/mol. The number of nitrogens with one attached hydrogen (secondary N) is 1. The van der Waals surface area contributed by atoms with E-state index in [1.807, 2.05) is 19.2 Å². The van der Waals surface area contributed by atoms with Gasteiger partial charge in [-0.05, 0) is 23.4 Å². The lowest BCUT2D eigenvalue weighted by molar-refractivity contribution is 0.330. The monoisotopic (exact) mass is 331 g/mol. The van der Waals surface area contributed by atoms with Gasteiger partial charge in [-0.3, -0.25) is 0 Å². The summed E-state index contributed by atoms with van der Waals surface area (Å²) in [5, 5.41) is 24.3. The molecule has 126 valence electrons. The summed E-state index contributed by atoms with van der Waals surface area (Å²) in [5.41, 5.74) is 1.40. The molecule has 0 amide bonds. The first-order valence-corrected chi connectivity index (χ1v) is 8.44. The minimum absolute atomic E-state index is 0.189. The Kier molecular flexibility index (Phi) is 5.18. The number of hydrogen-bond donors (Lipinski definition) is 1. The normalized spacial score (nSPS) is 13.8. The van der Waals surface area contributed by atoms with E-state index in [0.717, 1.165) is 32.0 Å². The predicted octanol–water partition coefficient (Wildman–Crippen LogP) is 2.44. The van der Waals surface area contributed by atoms with Gasteiger partial charge in [0.25, 0.3) is 0 Å². The molecule has 2 aromatic carbocycles. The summed E-state index contributed by atoms with van der Waals surface area (Å²) >= 11 is 0. The lowest BCUT2D eigenvalue weighted by Crippen LogP contribution is -2.30. The van der Waals surface area contributed by atoms with Crippen molar-refractivity contribution in [3.05, 3.63) is 59.4 Å². The van der Waals surface area contributed by atoms with Crippen molar-refractivity contribution in [1.29, 1.82) is 10.5 Å². The van der Waals surface area contributed by atoms with Crippen LogP contribution in [-0.2, 0) is 6.54 Å². The molecule has 0 radical (unpaired) electrons. The number of nitriles is 2. The Morgan fingerprint density at radius 1 is 1.04 bits per heavy atom. The molecule has 0 unspecified atom stereocenters. The van der Waals surface area contributed by atoms with Crippen LogP contribution in [0, 0.1) is 22.7 Å². The van der Waals surface area contributed by atoms with Crippen molar-refractivity contribution in [2.45, 2.75) is 6.54 Å². The molecule has 5 heteroatoms. The summed E-state index contributed by atoms with van der Waals surface area (Å²) in [5.74, 6) is 0.758. The van der Waals surface area contributed by atoms with Crippen molar-refractivity contribution in [1.82, 2.24) is 15.1 Å². The molecule has 1 aliphatic heterocycles. The second-order valence-electron chi connectivity index (χ2n) is 6.07. The van der Waals surface area contributed by atoms with Crippen molar-refractivity contribution >= 4 is 10.8 Å². The highest BCUT2D eigenvalue weighted by molar-refractivity contribution is 5.85. The molecule has 25 heavy (non-hydrogen) atoms. The summed E-state index contributed by atoms with van der Waals surface area (Å²) in [7, 11) is 1.91. The lowest BCUT2D eigenvalue weighted by Gasteiger charge is -2.25. The van der Waals surface area contributed by atoms with Gasteiger partial charge in [0.1, 0.15) is 18.0 Å². The van der Waals surface area contributed by atoms with Gasteiger partial charge in [0, 0.05) is 32.7 Å². The Labute approximate surface area is 148 Å². The van der Waals surface area contributed by atoms with Crippen molar-refractivity contribution in [3.63, 3.8) is 0 Å². The zero-order valence-corrected chi connectivity index (χ0v) is 14.4. The first-order valence-electron chi connectivity index (χ1n) is 8.44. The van der Waals surface area contributed by atoms with E-state index in [9.17, 15) is 10.5 Å². The Morgan fingerprint density at radius 2 is 1.76 bits per heavy atom. The zero-order chi connectivity index (χ0) is 17.6. The summed E-state index contributed by atoms with van der Waals surface area (Å²) in [6, 6.07) is 18.7. The third-order valence-corrected chi connectivity index (χ3v) is 4.56. The van der Waals surface area contributed by atoms with Crippen LogP contribution in [0.25, 0.3) is 10.8 Å². The fraction of sp³-hybridized carbons (Fsp3) is 0.300. The van der Waals surface area contributed by atoms with Gasteiger partial charge in [0.2, 0.25) is 0 Å². The summed E-state index contributed by atoms with van der Waals surface area (Å²) in [6.07, 6.45) is 0. The molecule has 1 heterocycles. The number of likely N-dealkylation sites (N-methyl/N-ethyl adjacent to an activating group) is 1. The number of rotatable bonds is 5. The molecule has 0 aromatic heterocycles. The number of fused-ring (bicyclic) bond motifs is 1. The highest BCUT2D eigenvalue weighted by atomic mass is 15.4. The zero-order valence-electron chi connectivity index (χ0n) is 14.4. The van der Waals surface area contributed by atoms with E-state index < -0.39 is 0 Å². The number of nitrogens with zero attached hydrogens (tertiary/aromatic N) is 4. The van der Waals surface area contributed by atoms with E-state index in [1.165, 1.54) is 16.3 Å². The minimum Gasteiger partial charge on any atom is -0.354 e. The van der Waals surface area contributed by atoms with Gasteiger partial charge >= 0.3 is 0 Å².